The average molecular weight is 272 g/mol. The molecule has 2 heterocycles. The van der Waals surface area contributed by atoms with Crippen LogP contribution in [0.2, 0.25) is 0 Å². The second-order valence-corrected chi connectivity index (χ2v) is 4.87. The lowest BCUT2D eigenvalue weighted by Crippen LogP contribution is -2.08. The van der Waals surface area contributed by atoms with Gasteiger partial charge in [0.1, 0.15) is 4.88 Å². The van der Waals surface area contributed by atoms with Crippen LogP contribution in [0.25, 0.3) is 10.8 Å². The van der Waals surface area contributed by atoms with Gasteiger partial charge in [0.15, 0.2) is 5.13 Å². The van der Waals surface area contributed by atoms with E-state index in [9.17, 15) is 0 Å². The first-order valence-corrected chi connectivity index (χ1v) is 6.06. The van der Waals surface area contributed by atoms with Gasteiger partial charge in [0.05, 0.1) is 12.3 Å². The molecule has 2 aromatic rings. The highest BCUT2D eigenvalue weighted by Gasteiger charge is 2.17. The van der Waals surface area contributed by atoms with Crippen molar-refractivity contribution in [2.45, 2.75) is 6.61 Å². The maximum Gasteiger partial charge on any atom is 0.284 e. The van der Waals surface area contributed by atoms with Crippen molar-refractivity contribution in [1.29, 1.82) is 0 Å². The van der Waals surface area contributed by atoms with Crippen molar-refractivity contribution >= 4 is 28.7 Å². The third kappa shape index (κ3) is 2.54. The minimum atomic E-state index is 0.253. The molecule has 2 aromatic heterocycles. The molecule has 0 unspecified atom stereocenters. The maximum atomic E-state index is 5.29. The Bertz CT molecular complexity index is 557. The van der Waals surface area contributed by atoms with Gasteiger partial charge >= 0.3 is 0 Å². The Morgan fingerprint density at radius 3 is 2.82 bits per heavy atom. The molecular weight excluding hydrogens is 260 g/mol. The predicted molar refractivity (Wildman–Crippen MR) is 67.8 cm³/mol. The van der Waals surface area contributed by atoms with Gasteiger partial charge in [0.25, 0.3) is 10.7 Å². The summed E-state index contributed by atoms with van der Waals surface area (Å²) in [4.78, 5) is 7.47. The van der Waals surface area contributed by atoms with Crippen LogP contribution in [0.3, 0.4) is 0 Å². The topological polar surface area (TPSA) is 67.2 Å². The second-order valence-electron chi connectivity index (χ2n) is 3.52. The number of hydrogen-bond donors (Lipinski definition) is 1. The van der Waals surface area contributed by atoms with Gasteiger partial charge in [-0.2, -0.15) is 0 Å². The molecule has 2 rings (SSSR count). The van der Waals surface area contributed by atoms with Crippen LogP contribution in [0.15, 0.2) is 4.42 Å². The maximum absolute atomic E-state index is 5.29. The number of nitrogens with zero attached hydrogens (tertiary/aromatic N) is 3. The van der Waals surface area contributed by atoms with E-state index < -0.39 is 0 Å². The van der Waals surface area contributed by atoms with Crippen molar-refractivity contribution in [3.05, 3.63) is 10.5 Å². The lowest BCUT2D eigenvalue weighted by Gasteiger charge is -2.05. The van der Waals surface area contributed by atoms with E-state index in [1.807, 2.05) is 19.0 Å². The number of methoxy groups -OCH3 is 1. The van der Waals surface area contributed by atoms with Crippen molar-refractivity contribution in [3.63, 3.8) is 0 Å². The van der Waals surface area contributed by atoms with Crippen LogP contribution in [-0.2, 0) is 11.3 Å². The summed E-state index contributed by atoms with van der Waals surface area (Å²) in [6.07, 6.45) is 0. The molecule has 92 valence electrons. The molecule has 8 heteroatoms. The first-order valence-electron chi connectivity index (χ1n) is 4.83. The molecule has 1 N–H and O–H groups in total. The Morgan fingerprint density at radius 1 is 1.53 bits per heavy atom. The third-order valence-electron chi connectivity index (χ3n) is 1.98. The molecule has 17 heavy (non-hydrogen) atoms. The molecule has 0 aliphatic rings. The van der Waals surface area contributed by atoms with E-state index in [1.54, 1.807) is 7.11 Å². The van der Waals surface area contributed by atoms with E-state index in [1.165, 1.54) is 11.3 Å². The first-order chi connectivity index (χ1) is 8.11. The summed E-state index contributed by atoms with van der Waals surface area (Å²) in [5.74, 6) is 0.452. The summed E-state index contributed by atoms with van der Waals surface area (Å²) >= 11 is 6.34. The van der Waals surface area contributed by atoms with E-state index in [4.69, 9.17) is 21.4 Å². The van der Waals surface area contributed by atoms with Gasteiger partial charge in [0, 0.05) is 21.2 Å². The first kappa shape index (κ1) is 12.2. The number of H-pyrrole nitrogens is 1. The zero-order valence-electron chi connectivity index (χ0n) is 9.68. The molecule has 0 atom stereocenters. The van der Waals surface area contributed by atoms with Crippen LogP contribution in [-0.4, -0.2) is 36.4 Å². The molecule has 0 aromatic carbocycles. The van der Waals surface area contributed by atoms with Gasteiger partial charge in [-0.15, -0.1) is 5.10 Å². The van der Waals surface area contributed by atoms with Crippen LogP contribution in [0.5, 0.6) is 0 Å². The van der Waals surface area contributed by atoms with Crippen molar-refractivity contribution in [2.75, 3.05) is 26.1 Å². The van der Waals surface area contributed by atoms with E-state index in [0.717, 1.165) is 15.7 Å². The van der Waals surface area contributed by atoms with Crippen LogP contribution >= 0.6 is 23.6 Å². The molecule has 0 aliphatic heterocycles. The van der Waals surface area contributed by atoms with E-state index in [2.05, 4.69) is 15.2 Å². The van der Waals surface area contributed by atoms with Gasteiger partial charge in [-0.05, 0) is 12.2 Å². The number of rotatable bonds is 4. The van der Waals surface area contributed by atoms with Crippen LogP contribution in [0.1, 0.15) is 5.69 Å². The minimum absolute atomic E-state index is 0.253. The molecule has 0 bridgehead atoms. The minimum Gasteiger partial charge on any atom is -0.408 e. The molecule has 6 nitrogen and oxygen atoms in total. The number of anilines is 1. The number of hydrogen-bond acceptors (Lipinski definition) is 7. The molecule has 0 saturated heterocycles. The normalized spacial score (nSPS) is 10.8. The monoisotopic (exact) mass is 272 g/mol. The predicted octanol–water partition coefficient (Wildman–Crippen LogP) is 2.07. The fraction of sp³-hybridized carbons (Fsp3) is 0.444. The lowest BCUT2D eigenvalue weighted by atomic mass is 10.4. The quantitative estimate of drug-likeness (QED) is 0.859. The van der Waals surface area contributed by atoms with Crippen LogP contribution in [0, 0.1) is 4.84 Å². The highest BCUT2D eigenvalue weighted by atomic mass is 32.1. The van der Waals surface area contributed by atoms with E-state index in [0.29, 0.717) is 12.5 Å². The van der Waals surface area contributed by atoms with E-state index >= 15 is 0 Å². The standard InChI is InChI=1S/C9H12N4O2S2/c1-13(2)8-10-5(4-14-3)6(17-8)7-11-12-9(16)15-7/h4H2,1-3H3,(H,12,16). The van der Waals surface area contributed by atoms with Crippen molar-refractivity contribution < 1.29 is 9.15 Å². The third-order valence-corrected chi connectivity index (χ3v) is 3.41. The Balaban J connectivity index is 2.47. The Labute approximate surface area is 107 Å². The number of thiazole rings is 1. The highest BCUT2D eigenvalue weighted by molar-refractivity contribution is 7.71. The zero-order valence-corrected chi connectivity index (χ0v) is 11.3. The summed E-state index contributed by atoms with van der Waals surface area (Å²) in [6, 6.07) is 0. The molecule has 0 radical (unpaired) electrons. The Morgan fingerprint density at radius 2 is 2.29 bits per heavy atom. The molecular formula is C9H12N4O2S2. The van der Waals surface area contributed by atoms with Crippen LogP contribution < -0.4 is 4.90 Å². The van der Waals surface area contributed by atoms with Crippen molar-refractivity contribution in [3.8, 4) is 10.8 Å². The smallest absolute Gasteiger partial charge is 0.284 e. The van der Waals surface area contributed by atoms with Gasteiger partial charge < -0.3 is 14.1 Å². The van der Waals surface area contributed by atoms with Crippen molar-refractivity contribution in [2.24, 2.45) is 0 Å². The van der Waals surface area contributed by atoms with Gasteiger partial charge in [-0.3, -0.25) is 0 Å². The molecule has 0 aliphatic carbocycles. The van der Waals surface area contributed by atoms with Gasteiger partial charge in [-0.25, -0.2) is 10.1 Å². The summed E-state index contributed by atoms with van der Waals surface area (Å²) in [6.45, 7) is 0.412. The summed E-state index contributed by atoms with van der Waals surface area (Å²) in [5, 5.41) is 7.47. The molecule has 0 saturated carbocycles. The number of nitrogens with one attached hydrogen (secondary N) is 1. The fourth-order valence-electron chi connectivity index (χ4n) is 1.26. The number of aromatic amines is 1. The Kier molecular flexibility index (Phi) is 3.55. The van der Waals surface area contributed by atoms with Gasteiger partial charge in [-0.1, -0.05) is 11.3 Å². The Hall–Kier alpha value is -1.25. The SMILES string of the molecule is COCc1nc(N(C)C)sc1-c1n[nH]c(=S)o1. The average Bonchev–Trinajstić information content (AvgIpc) is 2.85. The van der Waals surface area contributed by atoms with E-state index in [-0.39, 0.29) is 4.84 Å². The summed E-state index contributed by atoms with van der Waals surface area (Å²) in [5.41, 5.74) is 0.798. The number of aromatic nitrogens is 3. The largest absolute Gasteiger partial charge is 0.408 e. The molecule has 0 amide bonds. The number of ether oxygens (including phenoxy) is 1. The fourth-order valence-corrected chi connectivity index (χ4v) is 2.30. The second kappa shape index (κ2) is 4.94. The lowest BCUT2D eigenvalue weighted by molar-refractivity contribution is 0.182. The molecule has 0 spiro atoms. The van der Waals surface area contributed by atoms with Crippen molar-refractivity contribution in [1.82, 2.24) is 15.2 Å². The van der Waals surface area contributed by atoms with Crippen LogP contribution in [0.4, 0.5) is 5.13 Å². The molecule has 0 fully saturated rings. The summed E-state index contributed by atoms with van der Waals surface area (Å²) in [7, 11) is 5.48. The highest BCUT2D eigenvalue weighted by Crippen LogP contribution is 2.33. The zero-order chi connectivity index (χ0) is 12.4. The van der Waals surface area contributed by atoms with Gasteiger partial charge in [0.2, 0.25) is 0 Å². The summed E-state index contributed by atoms with van der Waals surface area (Å²) < 4.78 is 10.4.